The average Bonchev–Trinajstić information content (AvgIpc) is 2.94. The van der Waals surface area contributed by atoms with Crippen molar-refractivity contribution in [1.29, 1.82) is 0 Å². The maximum absolute atomic E-state index is 12.4. The summed E-state index contributed by atoms with van der Waals surface area (Å²) in [6.07, 6.45) is 0.860. The van der Waals surface area contributed by atoms with Crippen LogP contribution in [0.5, 0.6) is 0 Å². The van der Waals surface area contributed by atoms with Gasteiger partial charge in [0.25, 0.3) is 5.82 Å². The molecule has 1 saturated carbocycles. The standard InChI is InChI=1S/C11H14F3N3O/c12-11(13,14)10-16-9(18-17-10)8-5-6-3-1-2-4-7(6)15-8/h6-8,15H,1-5H2. The first-order valence-corrected chi connectivity index (χ1v) is 6.21. The van der Waals surface area contributed by atoms with Crippen molar-refractivity contribution < 1.29 is 17.7 Å². The first kappa shape index (κ1) is 12.0. The Morgan fingerprint density at radius 3 is 2.67 bits per heavy atom. The van der Waals surface area contributed by atoms with Crippen molar-refractivity contribution in [3.63, 3.8) is 0 Å². The number of halogens is 3. The van der Waals surface area contributed by atoms with Crippen molar-refractivity contribution >= 4 is 0 Å². The molecule has 4 nitrogen and oxygen atoms in total. The third-order valence-corrected chi connectivity index (χ3v) is 3.86. The number of nitrogens with zero attached hydrogens (tertiary/aromatic N) is 2. The smallest absolute Gasteiger partial charge is 0.337 e. The Hall–Kier alpha value is -1.11. The summed E-state index contributed by atoms with van der Waals surface area (Å²) in [6.45, 7) is 0. The number of hydrogen-bond acceptors (Lipinski definition) is 4. The van der Waals surface area contributed by atoms with Crippen molar-refractivity contribution in [2.24, 2.45) is 5.92 Å². The molecular formula is C11H14F3N3O. The Balaban J connectivity index is 1.74. The molecule has 1 aromatic rings. The lowest BCUT2D eigenvalue weighted by molar-refractivity contribution is -0.146. The van der Waals surface area contributed by atoms with Crippen LogP contribution in [-0.2, 0) is 6.18 Å². The molecule has 2 fully saturated rings. The molecule has 3 unspecified atom stereocenters. The van der Waals surface area contributed by atoms with E-state index in [4.69, 9.17) is 4.52 Å². The van der Waals surface area contributed by atoms with Crippen molar-refractivity contribution in [2.75, 3.05) is 0 Å². The monoisotopic (exact) mass is 261 g/mol. The predicted octanol–water partition coefficient (Wildman–Crippen LogP) is 2.68. The Morgan fingerprint density at radius 1 is 1.22 bits per heavy atom. The highest BCUT2D eigenvalue weighted by Gasteiger charge is 2.41. The van der Waals surface area contributed by atoms with Crippen LogP contribution in [0.2, 0.25) is 0 Å². The van der Waals surface area contributed by atoms with Gasteiger partial charge in [-0.05, 0) is 25.2 Å². The molecule has 100 valence electrons. The van der Waals surface area contributed by atoms with E-state index in [2.05, 4.69) is 15.5 Å². The molecule has 3 atom stereocenters. The summed E-state index contributed by atoms with van der Waals surface area (Å²) in [5.41, 5.74) is 0. The molecule has 18 heavy (non-hydrogen) atoms. The van der Waals surface area contributed by atoms with E-state index in [1.54, 1.807) is 0 Å². The number of hydrogen-bond donors (Lipinski definition) is 1. The Morgan fingerprint density at radius 2 is 2.00 bits per heavy atom. The Bertz CT molecular complexity index is 417. The summed E-state index contributed by atoms with van der Waals surface area (Å²) >= 11 is 0. The van der Waals surface area contributed by atoms with Gasteiger partial charge in [-0.1, -0.05) is 18.0 Å². The predicted molar refractivity (Wildman–Crippen MR) is 55.5 cm³/mol. The molecule has 0 spiro atoms. The van der Waals surface area contributed by atoms with Crippen LogP contribution in [0.3, 0.4) is 0 Å². The van der Waals surface area contributed by atoms with Gasteiger partial charge >= 0.3 is 6.18 Å². The van der Waals surface area contributed by atoms with E-state index >= 15 is 0 Å². The molecule has 1 aliphatic carbocycles. The van der Waals surface area contributed by atoms with Gasteiger partial charge < -0.3 is 9.84 Å². The average molecular weight is 261 g/mol. The van der Waals surface area contributed by atoms with E-state index in [1.807, 2.05) is 0 Å². The topological polar surface area (TPSA) is 51.0 Å². The number of fused-ring (bicyclic) bond motifs is 1. The highest BCUT2D eigenvalue weighted by atomic mass is 19.4. The van der Waals surface area contributed by atoms with Crippen LogP contribution in [0.4, 0.5) is 13.2 Å². The fourth-order valence-electron chi connectivity index (χ4n) is 3.00. The Kier molecular flexibility index (Phi) is 2.80. The second kappa shape index (κ2) is 4.22. The van der Waals surface area contributed by atoms with Crippen molar-refractivity contribution in [2.45, 2.75) is 50.4 Å². The van der Waals surface area contributed by atoms with Crippen molar-refractivity contribution in [3.05, 3.63) is 11.7 Å². The van der Waals surface area contributed by atoms with E-state index in [-0.39, 0.29) is 11.9 Å². The summed E-state index contributed by atoms with van der Waals surface area (Å²) in [7, 11) is 0. The lowest BCUT2D eigenvalue weighted by Gasteiger charge is -2.24. The molecule has 2 heterocycles. The minimum Gasteiger partial charge on any atom is -0.337 e. The number of rotatable bonds is 1. The second-order valence-corrected chi connectivity index (χ2v) is 5.06. The van der Waals surface area contributed by atoms with Crippen molar-refractivity contribution in [3.8, 4) is 0 Å². The van der Waals surface area contributed by atoms with Crippen LogP contribution in [0, 0.1) is 5.92 Å². The maximum atomic E-state index is 12.4. The largest absolute Gasteiger partial charge is 0.455 e. The second-order valence-electron chi connectivity index (χ2n) is 5.06. The molecule has 1 N–H and O–H groups in total. The first-order chi connectivity index (χ1) is 8.54. The normalized spacial score (nSPS) is 32.5. The fraction of sp³-hybridized carbons (Fsp3) is 0.818. The van der Waals surface area contributed by atoms with Crippen LogP contribution in [0.25, 0.3) is 0 Å². The molecule has 2 aliphatic rings. The van der Waals surface area contributed by atoms with E-state index in [9.17, 15) is 13.2 Å². The highest BCUT2D eigenvalue weighted by molar-refractivity contribution is 5.02. The molecule has 0 amide bonds. The highest BCUT2D eigenvalue weighted by Crippen LogP contribution is 2.39. The lowest BCUT2D eigenvalue weighted by Crippen LogP contribution is -2.30. The minimum absolute atomic E-state index is 0.0664. The van der Waals surface area contributed by atoms with Crippen LogP contribution >= 0.6 is 0 Å². The minimum atomic E-state index is -4.53. The number of aromatic nitrogens is 2. The molecule has 1 aliphatic heterocycles. The summed E-state index contributed by atoms with van der Waals surface area (Å²) in [5, 5.41) is 6.31. The van der Waals surface area contributed by atoms with Crippen molar-refractivity contribution in [1.82, 2.24) is 15.5 Å². The van der Waals surface area contributed by atoms with E-state index < -0.39 is 12.0 Å². The molecule has 0 radical (unpaired) electrons. The lowest BCUT2D eigenvalue weighted by atomic mass is 9.85. The first-order valence-electron chi connectivity index (χ1n) is 6.21. The summed E-state index contributed by atoms with van der Waals surface area (Å²) in [6, 6.07) is 0.173. The summed E-state index contributed by atoms with van der Waals surface area (Å²) in [4.78, 5) is 3.46. The van der Waals surface area contributed by atoms with Gasteiger partial charge in [0, 0.05) is 6.04 Å². The molecule has 7 heteroatoms. The van der Waals surface area contributed by atoms with Crippen LogP contribution in [0.15, 0.2) is 4.52 Å². The van der Waals surface area contributed by atoms with E-state index in [0.29, 0.717) is 12.0 Å². The van der Waals surface area contributed by atoms with Gasteiger partial charge in [0.1, 0.15) is 0 Å². The van der Waals surface area contributed by atoms with Crippen LogP contribution < -0.4 is 5.32 Å². The molecule has 1 saturated heterocycles. The number of alkyl halides is 3. The zero-order valence-corrected chi connectivity index (χ0v) is 9.70. The zero-order valence-electron chi connectivity index (χ0n) is 9.70. The SMILES string of the molecule is FC(F)(F)c1noc(C2CC3CCCCC3N2)n1. The fourth-order valence-corrected chi connectivity index (χ4v) is 3.00. The van der Waals surface area contributed by atoms with Gasteiger partial charge in [-0.2, -0.15) is 18.2 Å². The van der Waals surface area contributed by atoms with E-state index in [0.717, 1.165) is 19.3 Å². The molecule has 1 aromatic heterocycles. The summed E-state index contributed by atoms with van der Waals surface area (Å²) in [5.74, 6) is -0.587. The van der Waals surface area contributed by atoms with Gasteiger partial charge in [-0.3, -0.25) is 0 Å². The maximum Gasteiger partial charge on any atom is 0.455 e. The van der Waals surface area contributed by atoms with Crippen LogP contribution in [0.1, 0.15) is 49.9 Å². The third kappa shape index (κ3) is 2.11. The third-order valence-electron chi connectivity index (χ3n) is 3.86. The molecule has 0 bridgehead atoms. The quantitative estimate of drug-likeness (QED) is 0.844. The number of nitrogens with one attached hydrogen (secondary N) is 1. The zero-order chi connectivity index (χ0) is 12.8. The molecule has 0 aromatic carbocycles. The van der Waals surface area contributed by atoms with Gasteiger partial charge in [0.15, 0.2) is 0 Å². The van der Waals surface area contributed by atoms with Gasteiger partial charge in [0.05, 0.1) is 6.04 Å². The van der Waals surface area contributed by atoms with E-state index in [1.165, 1.54) is 12.8 Å². The van der Waals surface area contributed by atoms with Gasteiger partial charge in [-0.25, -0.2) is 0 Å². The van der Waals surface area contributed by atoms with Gasteiger partial charge in [0.2, 0.25) is 5.89 Å². The van der Waals surface area contributed by atoms with Gasteiger partial charge in [-0.15, -0.1) is 0 Å². The molecular weight excluding hydrogens is 247 g/mol. The summed E-state index contributed by atoms with van der Waals surface area (Å²) < 4.78 is 41.9. The van der Waals surface area contributed by atoms with Crippen LogP contribution in [-0.4, -0.2) is 16.2 Å². The molecule has 3 rings (SSSR count). The Labute approximate surface area is 102 Å².